The molecular weight excluding hydrogens is 318 g/mol. The second kappa shape index (κ2) is 10.0. The maximum atomic E-state index is 11.8. The molecule has 1 aromatic carbocycles. The van der Waals surface area contributed by atoms with Crippen LogP contribution in [0.25, 0.3) is 0 Å². The van der Waals surface area contributed by atoms with Crippen LogP contribution in [-0.4, -0.2) is 35.8 Å². The van der Waals surface area contributed by atoms with E-state index in [2.05, 4.69) is 16.7 Å². The lowest BCUT2D eigenvalue weighted by Crippen LogP contribution is -2.42. The van der Waals surface area contributed by atoms with Crippen LogP contribution >= 0.6 is 0 Å². The number of benzene rings is 1. The summed E-state index contributed by atoms with van der Waals surface area (Å²) in [5.41, 5.74) is 0.806. The molecule has 1 atom stereocenters. The quantitative estimate of drug-likeness (QED) is 0.638. The van der Waals surface area contributed by atoms with Gasteiger partial charge in [0.1, 0.15) is 24.5 Å². The predicted molar refractivity (Wildman–Crippen MR) is 98.6 cm³/mol. The second-order valence-corrected chi connectivity index (χ2v) is 7.07. The first-order valence-corrected chi connectivity index (χ1v) is 8.65. The van der Waals surface area contributed by atoms with Gasteiger partial charge in [-0.3, -0.25) is 4.79 Å². The number of unbranched alkanes of at least 4 members (excludes halogenated alkanes) is 1. The summed E-state index contributed by atoms with van der Waals surface area (Å²) < 4.78 is 5.55. The van der Waals surface area contributed by atoms with Gasteiger partial charge in [0.05, 0.1) is 5.56 Å². The Hall–Kier alpha value is -2.10. The van der Waals surface area contributed by atoms with E-state index in [9.17, 15) is 15.2 Å². The monoisotopic (exact) mass is 347 g/mol. The highest BCUT2D eigenvalue weighted by Gasteiger charge is 2.14. The van der Waals surface area contributed by atoms with Gasteiger partial charge in [0.15, 0.2) is 0 Å². The molecule has 0 radical (unpaired) electrons. The molecule has 1 amide bonds. The lowest BCUT2D eigenvalue weighted by Gasteiger charge is -2.23. The molecule has 0 heterocycles. The van der Waals surface area contributed by atoms with Crippen LogP contribution in [0, 0.1) is 11.3 Å². The highest BCUT2D eigenvalue weighted by Crippen LogP contribution is 2.22. The van der Waals surface area contributed by atoms with Crippen molar-refractivity contribution in [3.63, 3.8) is 0 Å². The molecule has 0 aliphatic rings. The summed E-state index contributed by atoms with van der Waals surface area (Å²) in [4.78, 5) is 11.8. The van der Waals surface area contributed by atoms with Gasteiger partial charge < -0.3 is 20.5 Å². The van der Waals surface area contributed by atoms with Crippen molar-refractivity contribution in [2.45, 2.75) is 58.6 Å². The number of anilines is 1. The van der Waals surface area contributed by atoms with Crippen LogP contribution in [0.1, 0.15) is 52.5 Å². The minimum Gasteiger partial charge on any atom is -0.489 e. The summed E-state index contributed by atoms with van der Waals surface area (Å²) in [6, 6.07) is 6.97. The lowest BCUT2D eigenvalue weighted by atomic mass is 10.1. The minimum absolute atomic E-state index is 0.0666. The molecule has 3 N–H and O–H groups in total. The van der Waals surface area contributed by atoms with Crippen molar-refractivity contribution in [1.82, 2.24) is 5.32 Å². The summed E-state index contributed by atoms with van der Waals surface area (Å²) in [5.74, 6) is 0.326. The fourth-order valence-electron chi connectivity index (χ4n) is 2.05. The molecule has 0 saturated heterocycles. The molecule has 0 aliphatic carbocycles. The van der Waals surface area contributed by atoms with Crippen molar-refractivity contribution in [3.05, 3.63) is 23.8 Å². The van der Waals surface area contributed by atoms with Crippen molar-refractivity contribution in [2.24, 2.45) is 0 Å². The molecule has 0 saturated carbocycles. The van der Waals surface area contributed by atoms with Crippen LogP contribution in [0.3, 0.4) is 0 Å². The number of nitrogens with one attached hydrogen (secondary N) is 2. The minimum atomic E-state index is -0.681. The van der Waals surface area contributed by atoms with Crippen LogP contribution in [0.5, 0.6) is 5.75 Å². The predicted octanol–water partition coefficient (Wildman–Crippen LogP) is 2.81. The third-order valence-electron chi connectivity index (χ3n) is 3.44. The van der Waals surface area contributed by atoms with Gasteiger partial charge in [-0.05, 0) is 45.4 Å². The van der Waals surface area contributed by atoms with E-state index in [4.69, 9.17) is 4.74 Å². The summed E-state index contributed by atoms with van der Waals surface area (Å²) >= 11 is 0. The maximum Gasteiger partial charge on any atom is 0.224 e. The molecule has 138 valence electrons. The number of ether oxygens (including phenoxy) is 1. The zero-order chi connectivity index (χ0) is 18.9. The summed E-state index contributed by atoms with van der Waals surface area (Å²) in [5, 5.41) is 25.2. The van der Waals surface area contributed by atoms with Gasteiger partial charge in [0.2, 0.25) is 5.91 Å². The Morgan fingerprint density at radius 3 is 2.72 bits per heavy atom. The normalized spacial score (nSPS) is 12.3. The Kier molecular flexibility index (Phi) is 8.39. The molecule has 0 bridgehead atoms. The highest BCUT2D eigenvalue weighted by atomic mass is 16.5. The molecule has 1 rings (SSSR count). The highest BCUT2D eigenvalue weighted by molar-refractivity contribution is 5.91. The van der Waals surface area contributed by atoms with E-state index in [-0.39, 0.29) is 18.1 Å². The number of hydrogen-bond acceptors (Lipinski definition) is 5. The number of aliphatic hydroxyl groups is 1. The third-order valence-corrected chi connectivity index (χ3v) is 3.44. The van der Waals surface area contributed by atoms with E-state index in [1.54, 1.807) is 18.2 Å². The van der Waals surface area contributed by atoms with E-state index >= 15 is 0 Å². The molecule has 6 nitrogen and oxygen atoms in total. The maximum absolute atomic E-state index is 11.8. The van der Waals surface area contributed by atoms with Gasteiger partial charge in [-0.1, -0.05) is 13.3 Å². The SMILES string of the molecule is CCCCC(=O)Nc1ccc(OCC(O)CNC(C)(C)C)c(C#N)c1. The Labute approximate surface area is 150 Å². The van der Waals surface area contributed by atoms with Crippen molar-refractivity contribution in [1.29, 1.82) is 5.26 Å². The van der Waals surface area contributed by atoms with Crippen molar-refractivity contribution in [3.8, 4) is 11.8 Å². The first-order chi connectivity index (χ1) is 11.7. The van der Waals surface area contributed by atoms with Gasteiger partial charge >= 0.3 is 0 Å². The Morgan fingerprint density at radius 2 is 2.12 bits per heavy atom. The smallest absolute Gasteiger partial charge is 0.224 e. The summed E-state index contributed by atoms with van der Waals surface area (Å²) in [6.07, 6.45) is 1.57. The molecule has 6 heteroatoms. The summed E-state index contributed by atoms with van der Waals surface area (Å²) in [7, 11) is 0. The Balaban J connectivity index is 2.60. The molecular formula is C19H29N3O3. The standard InChI is InChI=1S/C19H29N3O3/c1-5-6-7-18(24)22-15-8-9-17(14(10-15)11-20)25-13-16(23)12-21-19(2,3)4/h8-10,16,21,23H,5-7,12-13H2,1-4H3,(H,22,24). The van der Waals surface area contributed by atoms with Gasteiger partial charge in [-0.15, -0.1) is 0 Å². The van der Waals surface area contributed by atoms with Crippen molar-refractivity contribution in [2.75, 3.05) is 18.5 Å². The van der Waals surface area contributed by atoms with E-state index in [1.165, 1.54) is 0 Å². The first kappa shape index (κ1) is 20.9. The second-order valence-electron chi connectivity index (χ2n) is 7.07. The number of carbonyl (C=O) groups is 1. The van der Waals surface area contributed by atoms with E-state index in [0.29, 0.717) is 30.0 Å². The van der Waals surface area contributed by atoms with Crippen LogP contribution in [0.2, 0.25) is 0 Å². The van der Waals surface area contributed by atoms with Gasteiger partial charge in [-0.25, -0.2) is 0 Å². The first-order valence-electron chi connectivity index (χ1n) is 8.65. The molecule has 1 aromatic rings. The molecule has 1 unspecified atom stereocenters. The topological polar surface area (TPSA) is 94.4 Å². The van der Waals surface area contributed by atoms with Crippen LogP contribution < -0.4 is 15.4 Å². The zero-order valence-electron chi connectivity index (χ0n) is 15.6. The molecule has 25 heavy (non-hydrogen) atoms. The average Bonchev–Trinajstić information content (AvgIpc) is 2.56. The Bertz CT molecular complexity index is 603. The van der Waals surface area contributed by atoms with E-state index in [0.717, 1.165) is 12.8 Å². The van der Waals surface area contributed by atoms with Crippen molar-refractivity contribution >= 4 is 11.6 Å². The number of hydrogen-bond donors (Lipinski definition) is 3. The fraction of sp³-hybridized carbons (Fsp3) is 0.579. The third kappa shape index (κ3) is 8.52. The zero-order valence-corrected chi connectivity index (χ0v) is 15.6. The number of carbonyl (C=O) groups excluding carboxylic acids is 1. The number of nitriles is 1. The Morgan fingerprint density at radius 1 is 1.40 bits per heavy atom. The number of nitrogens with zero attached hydrogens (tertiary/aromatic N) is 1. The van der Waals surface area contributed by atoms with Crippen molar-refractivity contribution < 1.29 is 14.6 Å². The van der Waals surface area contributed by atoms with Gasteiger partial charge in [0.25, 0.3) is 0 Å². The number of amides is 1. The molecule has 0 aliphatic heterocycles. The average molecular weight is 347 g/mol. The van der Waals surface area contributed by atoms with Gasteiger partial charge in [0, 0.05) is 24.2 Å². The largest absolute Gasteiger partial charge is 0.489 e. The molecule has 0 spiro atoms. The van der Waals surface area contributed by atoms with Gasteiger partial charge in [-0.2, -0.15) is 5.26 Å². The number of rotatable bonds is 9. The number of β-amino-alcohol motifs (C(OH)–C–C–N with tert-alkyl or cyclic N) is 1. The van der Waals surface area contributed by atoms with Crippen LogP contribution in [0.4, 0.5) is 5.69 Å². The van der Waals surface area contributed by atoms with Crippen LogP contribution in [-0.2, 0) is 4.79 Å². The lowest BCUT2D eigenvalue weighted by molar-refractivity contribution is -0.116. The summed E-state index contributed by atoms with van der Waals surface area (Å²) in [6.45, 7) is 8.56. The fourth-order valence-corrected chi connectivity index (χ4v) is 2.05. The van der Waals surface area contributed by atoms with E-state index in [1.807, 2.05) is 27.7 Å². The molecule has 0 aromatic heterocycles. The van der Waals surface area contributed by atoms with Crippen LogP contribution in [0.15, 0.2) is 18.2 Å². The number of aliphatic hydroxyl groups excluding tert-OH is 1. The van der Waals surface area contributed by atoms with E-state index < -0.39 is 6.10 Å². The molecule has 0 fully saturated rings.